The van der Waals surface area contributed by atoms with Crippen molar-refractivity contribution in [1.82, 2.24) is 14.8 Å². The van der Waals surface area contributed by atoms with Gasteiger partial charge >= 0.3 is 0 Å². The van der Waals surface area contributed by atoms with Crippen molar-refractivity contribution in [3.8, 4) is 50.5 Å². The predicted octanol–water partition coefficient (Wildman–Crippen LogP) is 13.4. The van der Waals surface area contributed by atoms with Crippen molar-refractivity contribution >= 4 is 0 Å². The highest BCUT2D eigenvalue weighted by molar-refractivity contribution is 5.82. The highest BCUT2D eigenvalue weighted by Gasteiger charge is 2.22. The Morgan fingerprint density at radius 1 is 0.588 bits per heavy atom. The maximum absolute atomic E-state index is 4.87. The molecule has 1 aromatic heterocycles. The van der Waals surface area contributed by atoms with Crippen LogP contribution < -0.4 is 0 Å². The third-order valence-corrected chi connectivity index (χ3v) is 10.2. The highest BCUT2D eigenvalue weighted by Crippen LogP contribution is 2.37. The maximum atomic E-state index is 4.87. The average Bonchev–Trinajstić information content (AvgIpc) is 3.55. The van der Waals surface area contributed by atoms with Gasteiger partial charge in [-0.05, 0) is 119 Å². The molecule has 6 aromatic rings. The molecule has 0 aliphatic carbocycles. The molecule has 0 fully saturated rings. The molecule has 0 amide bonds. The number of hydrogen-bond acceptors (Lipinski definition) is 2. The molecular formula is C48H55N3. The van der Waals surface area contributed by atoms with Crippen LogP contribution in [0.25, 0.3) is 50.5 Å². The molecule has 0 saturated heterocycles. The van der Waals surface area contributed by atoms with Crippen molar-refractivity contribution in [2.75, 3.05) is 0 Å². The molecule has 5 aromatic carbocycles. The summed E-state index contributed by atoms with van der Waals surface area (Å²) >= 11 is 0. The lowest BCUT2D eigenvalue weighted by atomic mass is 9.85. The fraction of sp³-hybridized carbons (Fsp3) is 0.333. The monoisotopic (exact) mass is 673 g/mol. The van der Waals surface area contributed by atoms with Crippen molar-refractivity contribution in [2.45, 2.75) is 106 Å². The molecule has 0 radical (unpaired) electrons. The maximum Gasteiger partial charge on any atom is 0.168 e. The van der Waals surface area contributed by atoms with Gasteiger partial charge in [-0.1, -0.05) is 145 Å². The number of aryl methyl sites for hydroxylation is 4. The molecule has 3 nitrogen and oxygen atoms in total. The SMILES string of the molecule is CCCCCCc1cc(C)c(-n2c(-c3cccc(-c4cc(-c5ccc(C)cc5)cc(-c5ccc(C(C)(C)C)cc5)c4)c3)nnc2C(C)C)c(C)c1. The zero-order valence-corrected chi connectivity index (χ0v) is 32.3. The number of aromatic nitrogens is 3. The number of benzene rings is 5. The Morgan fingerprint density at radius 2 is 1.14 bits per heavy atom. The minimum atomic E-state index is 0.108. The standard InChI is InChI=1S/C48H55N3/c1-10-11-12-13-15-36-26-34(5)45(35(6)27-36)51-46(32(2)3)49-50-47(51)40-17-14-16-39(28-40)43-30-41(37-20-18-33(4)19-21-37)29-42(31-43)38-22-24-44(25-23-38)48(7,8)9/h14,16-32H,10-13,15H2,1-9H3. The van der Waals surface area contributed by atoms with E-state index in [0.717, 1.165) is 29.2 Å². The van der Waals surface area contributed by atoms with E-state index in [-0.39, 0.29) is 11.3 Å². The predicted molar refractivity (Wildman–Crippen MR) is 218 cm³/mol. The van der Waals surface area contributed by atoms with Crippen LogP contribution in [0.1, 0.15) is 107 Å². The molecule has 0 aliphatic heterocycles. The van der Waals surface area contributed by atoms with Gasteiger partial charge in [0.15, 0.2) is 5.82 Å². The Kier molecular flexibility index (Phi) is 10.8. The van der Waals surface area contributed by atoms with E-state index in [1.807, 2.05) is 0 Å². The van der Waals surface area contributed by atoms with E-state index in [0.29, 0.717) is 0 Å². The van der Waals surface area contributed by atoms with Gasteiger partial charge in [-0.25, -0.2) is 0 Å². The lowest BCUT2D eigenvalue weighted by molar-refractivity contribution is 0.590. The molecule has 0 saturated carbocycles. The van der Waals surface area contributed by atoms with Crippen LogP contribution in [0.4, 0.5) is 0 Å². The van der Waals surface area contributed by atoms with Crippen molar-refractivity contribution in [3.63, 3.8) is 0 Å². The molecule has 6 rings (SSSR count). The first-order valence-electron chi connectivity index (χ1n) is 18.9. The topological polar surface area (TPSA) is 30.7 Å². The molecule has 0 spiro atoms. The lowest BCUT2D eigenvalue weighted by Gasteiger charge is -2.19. The molecule has 0 unspecified atom stereocenters. The second-order valence-corrected chi connectivity index (χ2v) is 15.8. The van der Waals surface area contributed by atoms with Gasteiger partial charge in [0.2, 0.25) is 0 Å². The first-order valence-corrected chi connectivity index (χ1v) is 18.9. The second kappa shape index (κ2) is 15.2. The molecular weight excluding hydrogens is 619 g/mol. The minimum Gasteiger partial charge on any atom is -0.278 e. The van der Waals surface area contributed by atoms with E-state index in [9.17, 15) is 0 Å². The molecule has 1 heterocycles. The fourth-order valence-corrected chi connectivity index (χ4v) is 7.25. The summed E-state index contributed by atoms with van der Waals surface area (Å²) in [6.07, 6.45) is 6.22. The van der Waals surface area contributed by atoms with E-state index < -0.39 is 0 Å². The summed E-state index contributed by atoms with van der Waals surface area (Å²) in [6, 6.07) is 38.5. The number of nitrogens with zero attached hydrogens (tertiary/aromatic N) is 3. The Balaban J connectivity index is 1.45. The zero-order chi connectivity index (χ0) is 36.3. The van der Waals surface area contributed by atoms with Crippen LogP contribution in [0.5, 0.6) is 0 Å². The van der Waals surface area contributed by atoms with Crippen molar-refractivity contribution in [1.29, 1.82) is 0 Å². The van der Waals surface area contributed by atoms with E-state index in [1.165, 1.54) is 87.0 Å². The van der Waals surface area contributed by atoms with Gasteiger partial charge in [0, 0.05) is 11.5 Å². The van der Waals surface area contributed by atoms with Crippen molar-refractivity contribution in [2.24, 2.45) is 0 Å². The van der Waals surface area contributed by atoms with Gasteiger partial charge in [-0.15, -0.1) is 10.2 Å². The molecule has 0 atom stereocenters. The van der Waals surface area contributed by atoms with Gasteiger partial charge in [0.05, 0.1) is 5.69 Å². The number of unbranched alkanes of at least 4 members (excludes halogenated alkanes) is 3. The Labute approximate surface area is 306 Å². The summed E-state index contributed by atoms with van der Waals surface area (Å²) in [7, 11) is 0. The van der Waals surface area contributed by atoms with Crippen LogP contribution in [0.2, 0.25) is 0 Å². The normalized spacial score (nSPS) is 11.8. The molecule has 0 bridgehead atoms. The van der Waals surface area contributed by atoms with Gasteiger partial charge in [-0.2, -0.15) is 0 Å². The smallest absolute Gasteiger partial charge is 0.168 e. The summed E-state index contributed by atoms with van der Waals surface area (Å²) in [6.45, 7) is 20.1. The van der Waals surface area contributed by atoms with Crippen LogP contribution in [-0.2, 0) is 11.8 Å². The first kappa shape index (κ1) is 36.0. The molecule has 3 heteroatoms. The summed E-state index contributed by atoms with van der Waals surface area (Å²) in [4.78, 5) is 0. The minimum absolute atomic E-state index is 0.108. The zero-order valence-electron chi connectivity index (χ0n) is 32.3. The van der Waals surface area contributed by atoms with E-state index in [2.05, 4.69) is 170 Å². The summed E-state index contributed by atoms with van der Waals surface area (Å²) in [5.41, 5.74) is 16.1. The molecule has 0 N–H and O–H groups in total. The van der Waals surface area contributed by atoms with Crippen LogP contribution in [0.3, 0.4) is 0 Å². The van der Waals surface area contributed by atoms with Crippen LogP contribution in [0.15, 0.2) is 103 Å². The van der Waals surface area contributed by atoms with Gasteiger partial charge < -0.3 is 0 Å². The lowest BCUT2D eigenvalue weighted by Crippen LogP contribution is -2.10. The Bertz CT molecular complexity index is 2080. The second-order valence-electron chi connectivity index (χ2n) is 15.8. The Hall–Kier alpha value is -4.76. The van der Waals surface area contributed by atoms with Crippen molar-refractivity contribution in [3.05, 3.63) is 137 Å². The third-order valence-electron chi connectivity index (χ3n) is 10.2. The van der Waals surface area contributed by atoms with Crippen LogP contribution in [0, 0.1) is 20.8 Å². The number of hydrogen-bond donors (Lipinski definition) is 0. The quantitative estimate of drug-likeness (QED) is 0.128. The van der Waals surface area contributed by atoms with Crippen molar-refractivity contribution < 1.29 is 0 Å². The van der Waals surface area contributed by atoms with E-state index >= 15 is 0 Å². The van der Waals surface area contributed by atoms with Gasteiger partial charge in [0.1, 0.15) is 5.82 Å². The van der Waals surface area contributed by atoms with E-state index in [4.69, 9.17) is 10.2 Å². The molecule has 51 heavy (non-hydrogen) atoms. The van der Waals surface area contributed by atoms with E-state index in [1.54, 1.807) is 0 Å². The van der Waals surface area contributed by atoms with Crippen LogP contribution >= 0.6 is 0 Å². The third kappa shape index (κ3) is 8.09. The van der Waals surface area contributed by atoms with Crippen LogP contribution in [-0.4, -0.2) is 14.8 Å². The number of rotatable bonds is 11. The van der Waals surface area contributed by atoms with Gasteiger partial charge in [-0.3, -0.25) is 4.57 Å². The summed E-state index contributed by atoms with van der Waals surface area (Å²) < 4.78 is 2.32. The first-order chi connectivity index (χ1) is 24.4. The Morgan fingerprint density at radius 3 is 1.71 bits per heavy atom. The average molecular weight is 674 g/mol. The fourth-order valence-electron chi connectivity index (χ4n) is 7.25. The summed E-state index contributed by atoms with van der Waals surface area (Å²) in [5, 5.41) is 9.67. The molecule has 262 valence electrons. The molecule has 0 aliphatic rings. The van der Waals surface area contributed by atoms with Gasteiger partial charge in [0.25, 0.3) is 0 Å². The largest absolute Gasteiger partial charge is 0.278 e. The highest BCUT2D eigenvalue weighted by atomic mass is 15.3. The summed E-state index contributed by atoms with van der Waals surface area (Å²) in [5.74, 6) is 2.09.